The minimum absolute atomic E-state index is 0.0617. The summed E-state index contributed by atoms with van der Waals surface area (Å²) in [6.45, 7) is 0.747. The highest BCUT2D eigenvalue weighted by molar-refractivity contribution is 6.31. The third-order valence-corrected chi connectivity index (χ3v) is 6.39. The molecule has 2 heterocycles. The number of piperidine rings is 1. The van der Waals surface area contributed by atoms with Crippen molar-refractivity contribution in [1.82, 2.24) is 10.2 Å². The van der Waals surface area contributed by atoms with E-state index in [0.29, 0.717) is 12.8 Å². The first-order valence-corrected chi connectivity index (χ1v) is 9.65. The zero-order valence-electron chi connectivity index (χ0n) is 15.0. The number of cyclic esters (lactones) is 1. The fraction of sp³-hybridized carbons (Fsp3) is 0.579. The van der Waals surface area contributed by atoms with Gasteiger partial charge < -0.3 is 15.0 Å². The number of carbonyl (C=O) groups excluding carboxylic acids is 2. The van der Waals surface area contributed by atoms with Crippen molar-refractivity contribution in [3.63, 3.8) is 0 Å². The quantitative estimate of drug-likeness (QED) is 0.817. The first-order chi connectivity index (χ1) is 13.2. The Labute approximate surface area is 165 Å². The van der Waals surface area contributed by atoms with Gasteiger partial charge in [0.25, 0.3) is 5.92 Å². The number of carbonyl (C=O) groups is 2. The van der Waals surface area contributed by atoms with E-state index in [1.54, 1.807) is 4.90 Å². The van der Waals surface area contributed by atoms with Crippen molar-refractivity contribution < 1.29 is 27.5 Å². The Hall–Kier alpha value is -1.96. The van der Waals surface area contributed by atoms with Crippen LogP contribution in [0, 0.1) is 17.7 Å². The van der Waals surface area contributed by atoms with E-state index >= 15 is 0 Å². The monoisotopic (exact) mass is 416 g/mol. The van der Waals surface area contributed by atoms with E-state index < -0.39 is 29.3 Å². The molecule has 152 valence electrons. The Balaban J connectivity index is 1.34. The van der Waals surface area contributed by atoms with E-state index in [4.69, 9.17) is 16.3 Å². The maximum absolute atomic E-state index is 14.9. The van der Waals surface area contributed by atoms with Crippen LogP contribution in [0.5, 0.6) is 0 Å². The zero-order valence-corrected chi connectivity index (χ0v) is 15.8. The summed E-state index contributed by atoms with van der Waals surface area (Å²) in [7, 11) is 0. The predicted octanol–water partition coefficient (Wildman–Crippen LogP) is 3.70. The average molecular weight is 417 g/mol. The molecule has 0 bridgehead atoms. The van der Waals surface area contributed by atoms with Gasteiger partial charge in [0.2, 0.25) is 5.91 Å². The van der Waals surface area contributed by atoms with Gasteiger partial charge in [-0.25, -0.2) is 18.0 Å². The SMILES string of the molecule is O=C1N[C@]2(CO1)C[C@@H](C(=O)N1CCC(C(F)(F)c3ccc(F)cc3Cl)CC1)C2. The molecule has 2 saturated heterocycles. The minimum Gasteiger partial charge on any atom is -0.447 e. The average Bonchev–Trinajstić information content (AvgIpc) is 3.02. The van der Waals surface area contributed by atoms with Crippen LogP contribution in [-0.4, -0.2) is 42.1 Å². The van der Waals surface area contributed by atoms with Gasteiger partial charge >= 0.3 is 6.09 Å². The first-order valence-electron chi connectivity index (χ1n) is 9.27. The molecular formula is C19H20ClF3N2O3. The fourth-order valence-electron chi connectivity index (χ4n) is 4.47. The molecule has 1 N–H and O–H groups in total. The molecule has 0 aromatic heterocycles. The standard InChI is InChI=1S/C19H20ClF3N2O3/c20-15-7-13(21)1-2-14(15)19(22,23)12-3-5-25(6-4-12)16(26)11-8-18(9-11)10-28-17(27)24-18/h1-2,7,11-12H,3-6,8-10H2,(H,24,27)/t11-,18-. The number of likely N-dealkylation sites (tertiary alicyclic amines) is 1. The van der Waals surface area contributed by atoms with Crippen molar-refractivity contribution in [2.24, 2.45) is 11.8 Å². The summed E-state index contributed by atoms with van der Waals surface area (Å²) in [4.78, 5) is 25.5. The number of hydrogen-bond donors (Lipinski definition) is 1. The number of nitrogens with one attached hydrogen (secondary N) is 1. The maximum Gasteiger partial charge on any atom is 0.407 e. The van der Waals surface area contributed by atoms with Crippen molar-refractivity contribution in [1.29, 1.82) is 0 Å². The Bertz CT molecular complexity index is 806. The van der Waals surface area contributed by atoms with Crippen LogP contribution in [0.4, 0.5) is 18.0 Å². The van der Waals surface area contributed by atoms with Crippen molar-refractivity contribution in [2.75, 3.05) is 19.7 Å². The molecule has 1 saturated carbocycles. The summed E-state index contributed by atoms with van der Waals surface area (Å²) in [6.07, 6.45) is 0.847. The molecule has 4 rings (SSSR count). The number of halogens is 4. The Morgan fingerprint density at radius 1 is 1.29 bits per heavy atom. The van der Waals surface area contributed by atoms with Gasteiger partial charge in [0.15, 0.2) is 0 Å². The van der Waals surface area contributed by atoms with E-state index in [1.807, 2.05) is 0 Å². The summed E-state index contributed by atoms with van der Waals surface area (Å²) >= 11 is 5.83. The van der Waals surface area contributed by atoms with E-state index in [0.717, 1.165) is 18.2 Å². The van der Waals surface area contributed by atoms with Gasteiger partial charge in [-0.1, -0.05) is 11.6 Å². The highest BCUT2D eigenvalue weighted by atomic mass is 35.5. The van der Waals surface area contributed by atoms with Gasteiger partial charge in [0, 0.05) is 30.5 Å². The molecule has 9 heteroatoms. The number of amides is 2. The second kappa shape index (κ2) is 6.83. The summed E-state index contributed by atoms with van der Waals surface area (Å²) in [5.41, 5.74) is -0.819. The summed E-state index contributed by atoms with van der Waals surface area (Å²) < 4.78 is 47.8. The van der Waals surface area contributed by atoms with E-state index in [2.05, 4.69) is 5.32 Å². The van der Waals surface area contributed by atoms with Crippen molar-refractivity contribution >= 4 is 23.6 Å². The number of alkyl halides is 2. The van der Waals surface area contributed by atoms with E-state index in [-0.39, 0.29) is 54.9 Å². The van der Waals surface area contributed by atoms with Gasteiger partial charge in [-0.3, -0.25) is 4.79 Å². The number of nitrogens with zero attached hydrogens (tertiary/aromatic N) is 1. The van der Waals surface area contributed by atoms with Crippen molar-refractivity contribution in [2.45, 2.75) is 37.1 Å². The summed E-state index contributed by atoms with van der Waals surface area (Å²) in [5, 5.41) is 2.45. The van der Waals surface area contributed by atoms with Crippen LogP contribution in [-0.2, 0) is 15.5 Å². The van der Waals surface area contributed by atoms with Gasteiger partial charge in [-0.15, -0.1) is 0 Å². The lowest BCUT2D eigenvalue weighted by Gasteiger charge is -2.45. The number of ether oxygens (including phenoxy) is 1. The largest absolute Gasteiger partial charge is 0.447 e. The van der Waals surface area contributed by atoms with Crippen LogP contribution < -0.4 is 5.32 Å². The minimum atomic E-state index is -3.19. The molecule has 1 spiro atoms. The Morgan fingerprint density at radius 2 is 1.96 bits per heavy atom. The van der Waals surface area contributed by atoms with Crippen LogP contribution >= 0.6 is 11.6 Å². The molecule has 3 aliphatic rings. The Kier molecular flexibility index (Phi) is 4.72. The Morgan fingerprint density at radius 3 is 2.54 bits per heavy atom. The van der Waals surface area contributed by atoms with E-state index in [9.17, 15) is 22.8 Å². The molecule has 1 aromatic rings. The highest BCUT2D eigenvalue weighted by Crippen LogP contribution is 2.45. The topological polar surface area (TPSA) is 58.6 Å². The number of rotatable bonds is 3. The molecule has 2 aliphatic heterocycles. The molecule has 28 heavy (non-hydrogen) atoms. The third-order valence-electron chi connectivity index (χ3n) is 6.08. The van der Waals surface area contributed by atoms with Crippen molar-refractivity contribution in [3.8, 4) is 0 Å². The normalized spacial score (nSPS) is 28.1. The van der Waals surface area contributed by atoms with E-state index in [1.165, 1.54) is 0 Å². The summed E-state index contributed by atoms with van der Waals surface area (Å²) in [5.74, 6) is -5.09. The molecule has 5 nitrogen and oxygen atoms in total. The van der Waals surface area contributed by atoms with Crippen LogP contribution in [0.15, 0.2) is 18.2 Å². The molecule has 1 aromatic carbocycles. The molecule has 1 aliphatic carbocycles. The van der Waals surface area contributed by atoms with Crippen LogP contribution in [0.1, 0.15) is 31.2 Å². The van der Waals surface area contributed by atoms with Crippen LogP contribution in [0.3, 0.4) is 0 Å². The van der Waals surface area contributed by atoms with Crippen molar-refractivity contribution in [3.05, 3.63) is 34.6 Å². The zero-order chi connectivity index (χ0) is 20.1. The second-order valence-corrected chi connectivity index (χ2v) is 8.34. The summed E-state index contributed by atoms with van der Waals surface area (Å²) in [6, 6.07) is 2.90. The predicted molar refractivity (Wildman–Crippen MR) is 94.5 cm³/mol. The molecular weight excluding hydrogens is 397 g/mol. The number of benzene rings is 1. The smallest absolute Gasteiger partial charge is 0.407 e. The molecule has 0 radical (unpaired) electrons. The van der Waals surface area contributed by atoms with Gasteiger partial charge in [0.05, 0.1) is 10.6 Å². The lowest BCUT2D eigenvalue weighted by atomic mass is 9.68. The number of alkyl carbamates (subject to hydrolysis) is 1. The van der Waals surface area contributed by atoms with Crippen LogP contribution in [0.2, 0.25) is 5.02 Å². The molecule has 0 atom stereocenters. The number of hydrogen-bond acceptors (Lipinski definition) is 3. The second-order valence-electron chi connectivity index (χ2n) is 7.93. The molecule has 0 unspecified atom stereocenters. The van der Waals surface area contributed by atoms with Gasteiger partial charge in [-0.2, -0.15) is 0 Å². The lowest BCUT2D eigenvalue weighted by Crippen LogP contribution is -2.59. The molecule has 2 amide bonds. The fourth-order valence-corrected chi connectivity index (χ4v) is 4.76. The maximum atomic E-state index is 14.9. The first kappa shape index (κ1) is 19.4. The lowest BCUT2D eigenvalue weighted by molar-refractivity contribution is -0.146. The van der Waals surface area contributed by atoms with Gasteiger partial charge in [-0.05, 0) is 43.9 Å². The van der Waals surface area contributed by atoms with Gasteiger partial charge in [0.1, 0.15) is 12.4 Å². The van der Waals surface area contributed by atoms with Crippen LogP contribution in [0.25, 0.3) is 0 Å². The highest BCUT2D eigenvalue weighted by Gasteiger charge is 2.54. The third kappa shape index (κ3) is 3.32. The molecule has 3 fully saturated rings.